The Balaban J connectivity index is -0.00000000500. The molecular formula is LiNiOW. The molecule has 0 aromatic carbocycles. The van der Waals surface area contributed by atoms with E-state index in [4.69, 9.17) is 3.40 Å². The van der Waals surface area contributed by atoms with Crippen LogP contribution in [0.3, 0.4) is 0 Å². The summed E-state index contributed by atoms with van der Waals surface area (Å²) in [6.45, 7) is 0. The summed E-state index contributed by atoms with van der Waals surface area (Å²) in [5, 5.41) is 0. The van der Waals surface area contributed by atoms with Crippen LogP contribution in [0.4, 0.5) is 0 Å². The van der Waals surface area contributed by atoms with Crippen LogP contribution in [0.5, 0.6) is 0 Å². The van der Waals surface area contributed by atoms with Crippen molar-refractivity contribution < 1.29 is 39.7 Å². The summed E-state index contributed by atoms with van der Waals surface area (Å²) in [7, 11) is 0. The number of hydrogen-bond donors (Lipinski definition) is 0. The van der Waals surface area contributed by atoms with Gasteiger partial charge in [0.05, 0.1) is 0 Å². The van der Waals surface area contributed by atoms with E-state index in [2.05, 4.69) is 0 Å². The molecule has 0 aliphatic heterocycles. The Morgan fingerprint density at radius 2 is 1.25 bits per heavy atom. The summed E-state index contributed by atoms with van der Waals surface area (Å²) in [4.78, 5) is 0. The van der Waals surface area contributed by atoms with Crippen LogP contribution in [-0.2, 0) is 39.7 Å². The molecule has 0 saturated carbocycles. The maximum absolute atomic E-state index is 8.33. The van der Waals surface area contributed by atoms with Gasteiger partial charge in [-0.2, -0.15) is 0 Å². The Morgan fingerprint density at radius 1 is 1.25 bits per heavy atom. The van der Waals surface area contributed by atoms with Gasteiger partial charge in [0.1, 0.15) is 0 Å². The second-order valence-electron chi connectivity index (χ2n) is 0. The molecule has 0 amide bonds. The van der Waals surface area contributed by atoms with Crippen molar-refractivity contribution in [2.45, 2.75) is 0 Å². The van der Waals surface area contributed by atoms with Crippen LogP contribution in [-0.4, -0.2) is 18.9 Å². The average molecular weight is 265 g/mol. The third-order valence-corrected chi connectivity index (χ3v) is 0. The van der Waals surface area contributed by atoms with Gasteiger partial charge in [0.2, 0.25) is 0 Å². The molecule has 0 aliphatic carbocycles. The van der Waals surface area contributed by atoms with Gasteiger partial charge in [0.15, 0.2) is 0 Å². The summed E-state index contributed by atoms with van der Waals surface area (Å²) < 4.78 is 8.33. The molecule has 4 heavy (non-hydrogen) atoms. The van der Waals surface area contributed by atoms with Gasteiger partial charge in [-0.05, 0) is 0 Å². The van der Waals surface area contributed by atoms with Crippen LogP contribution in [0.2, 0.25) is 0 Å². The maximum atomic E-state index is 8.33. The van der Waals surface area contributed by atoms with Gasteiger partial charge in [-0.1, -0.05) is 0 Å². The molecule has 0 unspecified atom stereocenters. The van der Waals surface area contributed by atoms with Crippen LogP contribution < -0.4 is 0 Å². The summed E-state index contributed by atoms with van der Waals surface area (Å²) in [5.74, 6) is 0. The molecular weight excluding hydrogens is 265 g/mol. The van der Waals surface area contributed by atoms with Gasteiger partial charge < -0.3 is 0 Å². The zero-order valence-electron chi connectivity index (χ0n) is 2.13. The molecule has 23 valence electrons. The summed E-state index contributed by atoms with van der Waals surface area (Å²) in [6, 6.07) is 0. The standard InChI is InChI=1S/Li.Ni.O.W. The fraction of sp³-hybridized carbons (Fsp3) is 0. The van der Waals surface area contributed by atoms with Crippen LogP contribution in [0.15, 0.2) is 0 Å². The second-order valence-corrected chi connectivity index (χ2v) is 0. The molecule has 0 heterocycles. The first-order valence-electron chi connectivity index (χ1n) is 0.167. The first-order chi connectivity index (χ1) is 1.00. The Bertz CT molecular complexity index is 8.00. The van der Waals surface area contributed by atoms with Gasteiger partial charge >= 0.3 is 23.2 Å². The van der Waals surface area contributed by atoms with Gasteiger partial charge in [-0.15, -0.1) is 0 Å². The normalized spacial score (nSPS) is 1.00. The minimum atomic E-state index is 0. The zero-order chi connectivity index (χ0) is 2.00. The van der Waals surface area contributed by atoms with Crippen molar-refractivity contribution in [1.82, 2.24) is 0 Å². The molecule has 0 rings (SSSR count). The van der Waals surface area contributed by atoms with Crippen LogP contribution in [0, 0.1) is 0 Å². The van der Waals surface area contributed by atoms with Gasteiger partial charge in [0.25, 0.3) is 0 Å². The average Bonchev–Trinajstić information content (AvgIpc) is 1.00. The Morgan fingerprint density at radius 3 is 1.25 bits per heavy atom. The van der Waals surface area contributed by atoms with Gasteiger partial charge in [-0.25, -0.2) is 0 Å². The topological polar surface area (TPSA) is 17.1 Å². The van der Waals surface area contributed by atoms with Crippen molar-refractivity contribution in [3.63, 3.8) is 0 Å². The SMILES string of the molecule is [Li].[Ni].[O]=[W]. The molecule has 0 aromatic rings. The van der Waals surface area contributed by atoms with E-state index in [1.807, 2.05) is 0 Å². The molecule has 1 nitrogen and oxygen atoms in total. The molecule has 1 radical (unpaired) electrons. The monoisotopic (exact) mass is 265 g/mol. The number of rotatable bonds is 0. The van der Waals surface area contributed by atoms with E-state index in [-0.39, 0.29) is 35.4 Å². The van der Waals surface area contributed by atoms with Crippen molar-refractivity contribution in [1.29, 1.82) is 0 Å². The van der Waals surface area contributed by atoms with Crippen molar-refractivity contribution in [3.05, 3.63) is 0 Å². The molecule has 0 aliphatic rings. The third kappa shape index (κ3) is 9.55. The van der Waals surface area contributed by atoms with Gasteiger partial charge in [-0.3, -0.25) is 0 Å². The Hall–Kier alpha value is 1.58. The first-order valence-corrected chi connectivity index (χ1v) is 1.36. The van der Waals surface area contributed by atoms with Crippen molar-refractivity contribution in [2.75, 3.05) is 0 Å². The predicted octanol–water partition coefficient (Wildman–Crippen LogP) is -0.505. The summed E-state index contributed by atoms with van der Waals surface area (Å²) >= 11 is 0.333. The molecule has 0 saturated heterocycles. The van der Waals surface area contributed by atoms with Gasteiger partial charge in [0, 0.05) is 35.4 Å². The quantitative estimate of drug-likeness (QED) is 0.540. The number of hydrogen-bond acceptors (Lipinski definition) is 1. The molecule has 0 N–H and O–H groups in total. The van der Waals surface area contributed by atoms with Crippen molar-refractivity contribution >= 4 is 18.9 Å². The summed E-state index contributed by atoms with van der Waals surface area (Å²) in [5.41, 5.74) is 0. The third-order valence-electron chi connectivity index (χ3n) is 0. The van der Waals surface area contributed by atoms with E-state index < -0.39 is 0 Å². The molecule has 0 bridgehead atoms. The minimum absolute atomic E-state index is 0. The van der Waals surface area contributed by atoms with Crippen LogP contribution in [0.25, 0.3) is 0 Å². The predicted molar refractivity (Wildman–Crippen MR) is 6.44 cm³/mol. The fourth-order valence-corrected chi connectivity index (χ4v) is 0. The van der Waals surface area contributed by atoms with Crippen molar-refractivity contribution in [3.8, 4) is 0 Å². The van der Waals surface area contributed by atoms with E-state index in [1.165, 1.54) is 0 Å². The van der Waals surface area contributed by atoms with Crippen LogP contribution in [0.1, 0.15) is 0 Å². The molecule has 4 heteroatoms. The van der Waals surface area contributed by atoms with E-state index >= 15 is 0 Å². The van der Waals surface area contributed by atoms with Crippen LogP contribution >= 0.6 is 0 Å². The zero-order valence-corrected chi connectivity index (χ0v) is 6.05. The molecule has 0 spiro atoms. The summed E-state index contributed by atoms with van der Waals surface area (Å²) in [6.07, 6.45) is 0. The molecule has 0 aromatic heterocycles. The van der Waals surface area contributed by atoms with E-state index in [9.17, 15) is 0 Å². The Kier molecular flexibility index (Phi) is 103. The first kappa shape index (κ1) is 17.6. The Labute approximate surface area is 58.2 Å². The van der Waals surface area contributed by atoms with E-state index in [0.29, 0.717) is 19.8 Å². The second kappa shape index (κ2) is 23.5. The molecule has 0 atom stereocenters. The van der Waals surface area contributed by atoms with E-state index in [0.717, 1.165) is 0 Å². The van der Waals surface area contributed by atoms with E-state index in [1.54, 1.807) is 0 Å². The molecule has 0 fully saturated rings. The fourth-order valence-electron chi connectivity index (χ4n) is 0. The van der Waals surface area contributed by atoms with Crippen molar-refractivity contribution in [2.24, 2.45) is 0 Å².